The quantitative estimate of drug-likeness (QED) is 0.769. The minimum Gasteiger partial charge on any atom is -0.354 e. The van der Waals surface area contributed by atoms with E-state index < -0.39 is 0 Å². The van der Waals surface area contributed by atoms with Crippen LogP contribution < -0.4 is 15.5 Å². The second-order valence-corrected chi connectivity index (χ2v) is 8.93. The molecule has 8 nitrogen and oxygen atoms in total. The highest BCUT2D eigenvalue weighted by atomic mass is 16.2. The van der Waals surface area contributed by atoms with E-state index in [1.807, 2.05) is 24.3 Å². The summed E-state index contributed by atoms with van der Waals surface area (Å²) in [6, 6.07) is 7.64. The van der Waals surface area contributed by atoms with Crippen molar-refractivity contribution in [3.8, 4) is 0 Å². The molecular weight excluding hydrogens is 392 g/mol. The zero-order valence-electron chi connectivity index (χ0n) is 18.4. The Bertz CT molecular complexity index is 941. The fourth-order valence-electron chi connectivity index (χ4n) is 4.22. The maximum absolute atomic E-state index is 13.1. The maximum Gasteiger partial charge on any atom is 0.317 e. The Morgan fingerprint density at radius 3 is 2.48 bits per heavy atom. The normalized spacial score (nSPS) is 19.1. The minimum absolute atomic E-state index is 0.0885. The molecule has 0 saturated carbocycles. The molecule has 2 aliphatic rings. The molecule has 1 atom stereocenters. The number of piperidine rings is 1. The molecule has 1 aromatic carbocycles. The summed E-state index contributed by atoms with van der Waals surface area (Å²) in [5.41, 5.74) is 1.59. The molecule has 4 rings (SSSR count). The van der Waals surface area contributed by atoms with Crippen molar-refractivity contribution in [1.29, 1.82) is 0 Å². The maximum atomic E-state index is 13.1. The second-order valence-electron chi connectivity index (χ2n) is 8.93. The molecule has 2 fully saturated rings. The van der Waals surface area contributed by atoms with Gasteiger partial charge in [-0.15, -0.1) is 0 Å². The molecule has 0 radical (unpaired) electrons. The van der Waals surface area contributed by atoms with Crippen LogP contribution in [-0.2, 0) is 4.79 Å². The van der Waals surface area contributed by atoms with E-state index in [2.05, 4.69) is 29.4 Å². The number of para-hydroxylation sites is 2. The van der Waals surface area contributed by atoms with Gasteiger partial charge < -0.3 is 20.4 Å². The predicted molar refractivity (Wildman–Crippen MR) is 122 cm³/mol. The minimum atomic E-state index is -0.252. The van der Waals surface area contributed by atoms with Crippen molar-refractivity contribution >= 4 is 34.6 Å². The van der Waals surface area contributed by atoms with E-state index in [1.165, 1.54) is 0 Å². The van der Waals surface area contributed by atoms with Crippen molar-refractivity contribution < 1.29 is 9.59 Å². The van der Waals surface area contributed by atoms with Gasteiger partial charge in [-0.05, 0) is 43.7 Å². The summed E-state index contributed by atoms with van der Waals surface area (Å²) in [4.78, 5) is 39.1. The summed E-state index contributed by atoms with van der Waals surface area (Å²) in [5.74, 6) is 1.31. The van der Waals surface area contributed by atoms with Gasteiger partial charge in [-0.2, -0.15) is 0 Å². The van der Waals surface area contributed by atoms with Gasteiger partial charge in [0.2, 0.25) is 5.91 Å². The number of carbonyl (C=O) groups excluding carboxylic acids is 2. The molecule has 3 amide bonds. The lowest BCUT2D eigenvalue weighted by Crippen LogP contribution is -2.48. The lowest BCUT2D eigenvalue weighted by molar-refractivity contribution is -0.121. The van der Waals surface area contributed by atoms with Crippen LogP contribution in [0, 0.1) is 11.8 Å². The van der Waals surface area contributed by atoms with Gasteiger partial charge in [0.1, 0.15) is 0 Å². The number of rotatable bonds is 5. The monoisotopic (exact) mass is 424 g/mol. The zero-order chi connectivity index (χ0) is 21.8. The van der Waals surface area contributed by atoms with Gasteiger partial charge in [0.25, 0.3) is 0 Å². The number of anilines is 2. The zero-order valence-corrected chi connectivity index (χ0v) is 18.4. The van der Waals surface area contributed by atoms with Crippen molar-refractivity contribution in [1.82, 2.24) is 20.2 Å². The smallest absolute Gasteiger partial charge is 0.317 e. The van der Waals surface area contributed by atoms with Crippen LogP contribution in [-0.4, -0.2) is 59.5 Å². The number of hydrogen-bond acceptors (Lipinski definition) is 5. The van der Waals surface area contributed by atoms with Crippen molar-refractivity contribution in [2.75, 3.05) is 42.9 Å². The Labute approximate surface area is 183 Å². The fourth-order valence-corrected chi connectivity index (χ4v) is 4.22. The van der Waals surface area contributed by atoms with Crippen LogP contribution in [0.3, 0.4) is 0 Å². The molecule has 0 bridgehead atoms. The van der Waals surface area contributed by atoms with Crippen LogP contribution in [0.4, 0.5) is 16.4 Å². The highest BCUT2D eigenvalue weighted by Gasteiger charge is 2.30. The predicted octanol–water partition coefficient (Wildman–Crippen LogP) is 3.25. The highest BCUT2D eigenvalue weighted by Crippen LogP contribution is 2.29. The summed E-state index contributed by atoms with van der Waals surface area (Å²) < 4.78 is 0. The molecule has 2 aromatic rings. The van der Waals surface area contributed by atoms with Crippen LogP contribution in [0.15, 0.2) is 24.3 Å². The van der Waals surface area contributed by atoms with E-state index in [9.17, 15) is 9.59 Å². The molecule has 31 heavy (non-hydrogen) atoms. The Hall–Kier alpha value is -2.90. The first-order chi connectivity index (χ1) is 15.0. The first kappa shape index (κ1) is 21.3. The van der Waals surface area contributed by atoms with Gasteiger partial charge in [-0.1, -0.05) is 26.0 Å². The summed E-state index contributed by atoms with van der Waals surface area (Å²) in [6.07, 6.45) is 3.81. The largest absolute Gasteiger partial charge is 0.354 e. The Balaban J connectivity index is 1.49. The number of hydrogen-bond donors (Lipinski definition) is 2. The lowest BCUT2D eigenvalue weighted by Gasteiger charge is -2.32. The SMILES string of the molecule is CC(C)CNC(=O)N1CCC[C@H](C(=O)Nc2nc3ccccc3nc2N2CCCC2)C1. The number of urea groups is 1. The van der Waals surface area contributed by atoms with Crippen LogP contribution in [0.2, 0.25) is 0 Å². The van der Waals surface area contributed by atoms with Gasteiger partial charge >= 0.3 is 6.03 Å². The van der Waals surface area contributed by atoms with Crippen LogP contribution >= 0.6 is 0 Å². The number of benzene rings is 1. The summed E-state index contributed by atoms with van der Waals surface area (Å²) in [5, 5.41) is 6.00. The van der Waals surface area contributed by atoms with Gasteiger partial charge in [-0.3, -0.25) is 4.79 Å². The third kappa shape index (κ3) is 5.06. The first-order valence-corrected chi connectivity index (χ1v) is 11.4. The third-order valence-corrected chi connectivity index (χ3v) is 5.94. The molecule has 0 unspecified atom stereocenters. The van der Waals surface area contributed by atoms with Crippen molar-refractivity contribution in [3.05, 3.63) is 24.3 Å². The summed E-state index contributed by atoms with van der Waals surface area (Å²) in [6.45, 7) is 7.72. The topological polar surface area (TPSA) is 90.5 Å². The van der Waals surface area contributed by atoms with Gasteiger partial charge in [0.05, 0.1) is 17.0 Å². The molecule has 2 N–H and O–H groups in total. The number of nitrogens with one attached hydrogen (secondary N) is 2. The van der Waals surface area contributed by atoms with Gasteiger partial charge in [0.15, 0.2) is 11.6 Å². The molecule has 2 aliphatic heterocycles. The molecule has 2 saturated heterocycles. The number of fused-ring (bicyclic) bond motifs is 1. The number of carbonyl (C=O) groups is 2. The van der Waals surface area contributed by atoms with E-state index in [0.29, 0.717) is 31.4 Å². The molecule has 0 aliphatic carbocycles. The summed E-state index contributed by atoms with van der Waals surface area (Å²) in [7, 11) is 0. The van der Waals surface area contributed by atoms with Crippen LogP contribution in [0.5, 0.6) is 0 Å². The average Bonchev–Trinajstić information content (AvgIpc) is 3.31. The van der Waals surface area contributed by atoms with Crippen molar-refractivity contribution in [2.45, 2.75) is 39.5 Å². The van der Waals surface area contributed by atoms with Gasteiger partial charge in [-0.25, -0.2) is 14.8 Å². The van der Waals surface area contributed by atoms with E-state index in [1.54, 1.807) is 4.90 Å². The number of amides is 3. The summed E-state index contributed by atoms with van der Waals surface area (Å²) >= 11 is 0. The Morgan fingerprint density at radius 2 is 1.77 bits per heavy atom. The third-order valence-electron chi connectivity index (χ3n) is 5.94. The van der Waals surface area contributed by atoms with E-state index >= 15 is 0 Å². The molecule has 3 heterocycles. The Kier molecular flexibility index (Phi) is 6.53. The van der Waals surface area contributed by atoms with Gasteiger partial charge in [0, 0.05) is 32.7 Å². The van der Waals surface area contributed by atoms with Crippen LogP contribution in [0.25, 0.3) is 11.0 Å². The van der Waals surface area contributed by atoms with Crippen LogP contribution in [0.1, 0.15) is 39.5 Å². The fraction of sp³-hybridized carbons (Fsp3) is 0.565. The van der Waals surface area contributed by atoms with E-state index in [4.69, 9.17) is 9.97 Å². The molecule has 166 valence electrons. The average molecular weight is 425 g/mol. The number of aromatic nitrogens is 2. The molecule has 0 spiro atoms. The lowest BCUT2D eigenvalue weighted by atomic mass is 9.97. The number of nitrogens with zero attached hydrogens (tertiary/aromatic N) is 4. The first-order valence-electron chi connectivity index (χ1n) is 11.4. The highest BCUT2D eigenvalue weighted by molar-refractivity contribution is 5.96. The van der Waals surface area contributed by atoms with E-state index in [-0.39, 0.29) is 17.9 Å². The number of likely N-dealkylation sites (tertiary alicyclic amines) is 1. The molecule has 1 aromatic heterocycles. The second kappa shape index (κ2) is 9.49. The van der Waals surface area contributed by atoms with Crippen molar-refractivity contribution in [2.24, 2.45) is 11.8 Å². The standard InChI is InChI=1S/C23H32N6O2/c1-16(2)14-24-23(31)29-13-7-8-17(15-29)22(30)27-20-21(28-11-5-6-12-28)26-19-10-4-3-9-18(19)25-20/h3-4,9-10,16-17H,5-8,11-15H2,1-2H3,(H,24,31)(H,25,27,30)/t17-/m0/s1. The molecular formula is C23H32N6O2. The van der Waals surface area contributed by atoms with Crippen molar-refractivity contribution in [3.63, 3.8) is 0 Å². The Morgan fingerprint density at radius 1 is 1.06 bits per heavy atom. The molecule has 8 heteroatoms. The van der Waals surface area contributed by atoms with E-state index in [0.717, 1.165) is 55.6 Å².